The summed E-state index contributed by atoms with van der Waals surface area (Å²) in [6, 6.07) is 57.6. The Balaban J connectivity index is 1.29. The summed E-state index contributed by atoms with van der Waals surface area (Å²) in [5, 5.41) is 4.97. The molecule has 45 heavy (non-hydrogen) atoms. The average molecular weight is 577 g/mol. The van der Waals surface area contributed by atoms with Crippen LogP contribution in [-0.2, 0) is 5.41 Å². The SMILES string of the molecule is CC1(C)c2ccccc2-c2ccc(N(c3ccccc3)c3ccc(-n4c5ccccc5c5ccccc54)c4ccccc34)cc21. The third-order valence-corrected chi connectivity index (χ3v) is 9.78. The normalized spacial score (nSPS) is 13.3. The van der Waals surface area contributed by atoms with E-state index < -0.39 is 0 Å². The molecular formula is C43H32N2. The second-order valence-corrected chi connectivity index (χ2v) is 12.6. The molecule has 0 bridgehead atoms. The predicted molar refractivity (Wildman–Crippen MR) is 191 cm³/mol. The van der Waals surface area contributed by atoms with Crippen LogP contribution in [0.2, 0.25) is 0 Å². The molecule has 7 aromatic carbocycles. The summed E-state index contributed by atoms with van der Waals surface area (Å²) in [5.41, 5.74) is 12.4. The quantitative estimate of drug-likeness (QED) is 0.202. The van der Waals surface area contributed by atoms with Crippen LogP contribution in [0.3, 0.4) is 0 Å². The van der Waals surface area contributed by atoms with E-state index in [1.54, 1.807) is 0 Å². The number of nitrogens with zero attached hydrogens (tertiary/aromatic N) is 2. The molecule has 0 fully saturated rings. The van der Waals surface area contributed by atoms with Crippen LogP contribution in [0.25, 0.3) is 49.4 Å². The van der Waals surface area contributed by atoms with Gasteiger partial charge in [-0.15, -0.1) is 0 Å². The van der Waals surface area contributed by atoms with E-state index in [-0.39, 0.29) is 5.41 Å². The van der Waals surface area contributed by atoms with Gasteiger partial charge in [-0.2, -0.15) is 0 Å². The molecule has 1 aromatic heterocycles. The molecular weight excluding hydrogens is 544 g/mol. The number of rotatable bonds is 4. The molecule has 1 aliphatic rings. The standard InChI is InChI=1S/C43H32N2/c1-43(2)37-21-11-8-16-31(37)32-25-24-30(28-38(32)43)44(29-14-4-3-5-15-29)41-26-27-42(36-18-7-6-17-35(36)41)45-39-22-12-9-19-33(39)34-20-10-13-23-40(34)45/h3-28H,1-2H3. The largest absolute Gasteiger partial charge is 0.310 e. The van der Waals surface area contributed by atoms with Gasteiger partial charge in [-0.1, -0.05) is 123 Å². The minimum absolute atomic E-state index is 0.0766. The van der Waals surface area contributed by atoms with Gasteiger partial charge in [0.15, 0.2) is 0 Å². The van der Waals surface area contributed by atoms with Crippen molar-refractivity contribution in [2.75, 3.05) is 4.90 Å². The Morgan fingerprint density at radius 3 is 1.76 bits per heavy atom. The van der Waals surface area contributed by atoms with Gasteiger partial charge in [0.1, 0.15) is 0 Å². The van der Waals surface area contributed by atoms with E-state index >= 15 is 0 Å². The summed E-state index contributed by atoms with van der Waals surface area (Å²) in [5.74, 6) is 0. The molecule has 1 aliphatic carbocycles. The topological polar surface area (TPSA) is 8.17 Å². The zero-order chi connectivity index (χ0) is 30.1. The van der Waals surface area contributed by atoms with Crippen molar-refractivity contribution >= 4 is 49.6 Å². The summed E-state index contributed by atoms with van der Waals surface area (Å²) >= 11 is 0. The molecule has 0 aliphatic heterocycles. The lowest BCUT2D eigenvalue weighted by atomic mass is 9.82. The maximum Gasteiger partial charge on any atom is 0.0542 e. The van der Waals surface area contributed by atoms with E-state index in [4.69, 9.17) is 0 Å². The summed E-state index contributed by atoms with van der Waals surface area (Å²) in [7, 11) is 0. The Kier molecular flexibility index (Phi) is 5.58. The van der Waals surface area contributed by atoms with Crippen LogP contribution >= 0.6 is 0 Å². The second kappa shape index (κ2) is 9.70. The van der Waals surface area contributed by atoms with Crippen LogP contribution in [0.4, 0.5) is 17.1 Å². The number of benzene rings is 7. The fourth-order valence-corrected chi connectivity index (χ4v) is 7.67. The van der Waals surface area contributed by atoms with E-state index in [9.17, 15) is 0 Å². The third-order valence-electron chi connectivity index (χ3n) is 9.78. The Morgan fingerprint density at radius 2 is 1.02 bits per heavy atom. The lowest BCUT2D eigenvalue weighted by molar-refractivity contribution is 0.660. The highest BCUT2D eigenvalue weighted by Crippen LogP contribution is 2.51. The van der Waals surface area contributed by atoms with E-state index in [2.05, 4.69) is 181 Å². The molecule has 0 N–H and O–H groups in total. The molecule has 0 saturated carbocycles. The van der Waals surface area contributed by atoms with E-state index in [0.29, 0.717) is 0 Å². The molecule has 2 heteroatoms. The number of hydrogen-bond donors (Lipinski definition) is 0. The average Bonchev–Trinajstić information content (AvgIpc) is 3.54. The second-order valence-electron chi connectivity index (χ2n) is 12.6. The summed E-state index contributed by atoms with van der Waals surface area (Å²) in [6.07, 6.45) is 0. The highest BCUT2D eigenvalue weighted by molar-refractivity contribution is 6.12. The highest BCUT2D eigenvalue weighted by atomic mass is 15.1. The first-order valence-electron chi connectivity index (χ1n) is 15.7. The first-order chi connectivity index (χ1) is 22.1. The lowest BCUT2D eigenvalue weighted by Gasteiger charge is -2.29. The van der Waals surface area contributed by atoms with Crippen LogP contribution < -0.4 is 4.90 Å². The molecule has 0 saturated heterocycles. The van der Waals surface area contributed by atoms with Crippen molar-refractivity contribution in [3.05, 3.63) is 169 Å². The van der Waals surface area contributed by atoms with Crippen molar-refractivity contribution in [1.29, 1.82) is 0 Å². The zero-order valence-corrected chi connectivity index (χ0v) is 25.4. The Bertz CT molecular complexity index is 2360. The highest BCUT2D eigenvalue weighted by Gasteiger charge is 2.35. The van der Waals surface area contributed by atoms with Crippen molar-refractivity contribution in [3.63, 3.8) is 0 Å². The van der Waals surface area contributed by atoms with Gasteiger partial charge in [-0.05, 0) is 70.8 Å². The molecule has 1 heterocycles. The maximum atomic E-state index is 2.43. The monoisotopic (exact) mass is 576 g/mol. The van der Waals surface area contributed by atoms with Crippen molar-refractivity contribution in [3.8, 4) is 16.8 Å². The van der Waals surface area contributed by atoms with E-state index in [1.807, 2.05) is 0 Å². The van der Waals surface area contributed by atoms with Crippen molar-refractivity contribution in [1.82, 2.24) is 4.57 Å². The van der Waals surface area contributed by atoms with Gasteiger partial charge in [0.05, 0.1) is 22.4 Å². The number of para-hydroxylation sites is 3. The molecule has 214 valence electrons. The fraction of sp³-hybridized carbons (Fsp3) is 0.0698. The van der Waals surface area contributed by atoms with Gasteiger partial charge in [0.2, 0.25) is 0 Å². The Labute approximate surface area is 263 Å². The first-order valence-corrected chi connectivity index (χ1v) is 15.7. The van der Waals surface area contributed by atoms with Gasteiger partial charge < -0.3 is 9.47 Å². The number of anilines is 3. The summed E-state index contributed by atoms with van der Waals surface area (Å²) in [4.78, 5) is 2.43. The minimum Gasteiger partial charge on any atom is -0.310 e. The number of hydrogen-bond acceptors (Lipinski definition) is 1. The predicted octanol–water partition coefficient (Wildman–Crippen LogP) is 11.7. The van der Waals surface area contributed by atoms with Gasteiger partial charge in [-0.25, -0.2) is 0 Å². The van der Waals surface area contributed by atoms with E-state index in [1.165, 1.54) is 60.5 Å². The third kappa shape index (κ3) is 3.76. The van der Waals surface area contributed by atoms with Gasteiger partial charge in [0.25, 0.3) is 0 Å². The Hall–Kier alpha value is -5.60. The lowest BCUT2D eigenvalue weighted by Crippen LogP contribution is -2.16. The molecule has 0 atom stereocenters. The summed E-state index contributed by atoms with van der Waals surface area (Å²) < 4.78 is 2.43. The maximum absolute atomic E-state index is 2.43. The smallest absolute Gasteiger partial charge is 0.0542 e. The van der Waals surface area contributed by atoms with Crippen LogP contribution in [0.1, 0.15) is 25.0 Å². The number of fused-ring (bicyclic) bond motifs is 7. The fourth-order valence-electron chi connectivity index (χ4n) is 7.67. The van der Waals surface area contributed by atoms with Crippen molar-refractivity contribution in [2.24, 2.45) is 0 Å². The molecule has 9 rings (SSSR count). The molecule has 0 amide bonds. The summed E-state index contributed by atoms with van der Waals surface area (Å²) in [6.45, 7) is 4.70. The Morgan fingerprint density at radius 1 is 0.444 bits per heavy atom. The zero-order valence-electron chi connectivity index (χ0n) is 25.4. The van der Waals surface area contributed by atoms with Crippen LogP contribution in [0.15, 0.2) is 158 Å². The van der Waals surface area contributed by atoms with Crippen LogP contribution in [-0.4, -0.2) is 4.57 Å². The van der Waals surface area contributed by atoms with Gasteiger partial charge >= 0.3 is 0 Å². The molecule has 8 aromatic rings. The van der Waals surface area contributed by atoms with Crippen molar-refractivity contribution < 1.29 is 0 Å². The molecule has 2 nitrogen and oxygen atoms in total. The number of aromatic nitrogens is 1. The molecule has 0 unspecified atom stereocenters. The van der Waals surface area contributed by atoms with Gasteiger partial charge in [-0.3, -0.25) is 0 Å². The van der Waals surface area contributed by atoms with Crippen LogP contribution in [0.5, 0.6) is 0 Å². The van der Waals surface area contributed by atoms with Crippen LogP contribution in [0, 0.1) is 0 Å². The first kappa shape index (κ1) is 25.9. The van der Waals surface area contributed by atoms with Crippen molar-refractivity contribution in [2.45, 2.75) is 19.3 Å². The van der Waals surface area contributed by atoms with Gasteiger partial charge in [0, 0.05) is 38.3 Å². The molecule has 0 spiro atoms. The minimum atomic E-state index is -0.0766. The molecule has 0 radical (unpaired) electrons. The van der Waals surface area contributed by atoms with E-state index in [0.717, 1.165) is 17.1 Å².